The van der Waals surface area contributed by atoms with Crippen molar-refractivity contribution in [3.8, 4) is 0 Å². The van der Waals surface area contributed by atoms with Crippen LogP contribution in [0.25, 0.3) is 0 Å². The fourth-order valence-corrected chi connectivity index (χ4v) is 3.13. The van der Waals surface area contributed by atoms with Crippen molar-refractivity contribution in [1.82, 2.24) is 5.06 Å². The number of esters is 1. The highest BCUT2D eigenvalue weighted by atomic mass is 35.5. The van der Waals surface area contributed by atoms with Gasteiger partial charge in [-0.05, 0) is 36.3 Å². The molecule has 3 atom stereocenters. The number of nitrogens with zero attached hydrogens (tertiary/aromatic N) is 1. The van der Waals surface area contributed by atoms with E-state index in [0.29, 0.717) is 18.6 Å². The number of hydrogen-bond donors (Lipinski definition) is 1. The summed E-state index contributed by atoms with van der Waals surface area (Å²) < 4.78 is 4.93. The van der Waals surface area contributed by atoms with E-state index >= 15 is 0 Å². The second-order valence-corrected chi connectivity index (χ2v) is 7.86. The van der Waals surface area contributed by atoms with E-state index in [1.807, 2.05) is 43.5 Å². The molecule has 1 amide bonds. The lowest BCUT2D eigenvalue weighted by Gasteiger charge is -2.30. The topological polar surface area (TPSA) is 81.9 Å². The maximum Gasteiger partial charge on any atom is 0.331 e. The Morgan fingerprint density at radius 1 is 1.24 bits per heavy atom. The molecule has 0 heterocycles. The molecule has 2 N–H and O–H groups in total. The zero-order valence-corrected chi connectivity index (χ0v) is 19.5. The molecular weight excluding hydrogens is 412 g/mol. The third-order valence-electron chi connectivity index (χ3n) is 4.85. The average molecular weight is 447 g/mol. The highest BCUT2D eigenvalue weighted by molar-refractivity contribution is 7.98. The van der Waals surface area contributed by atoms with Crippen LogP contribution in [0.15, 0.2) is 30.3 Å². The van der Waals surface area contributed by atoms with Crippen LogP contribution in [0.4, 0.5) is 0 Å². The highest BCUT2D eigenvalue weighted by Gasteiger charge is 2.32. The lowest BCUT2D eigenvalue weighted by molar-refractivity contribution is -0.210. The minimum absolute atomic E-state index is 0. The van der Waals surface area contributed by atoms with Crippen molar-refractivity contribution in [2.75, 3.05) is 25.7 Å². The van der Waals surface area contributed by atoms with Gasteiger partial charge >= 0.3 is 5.97 Å². The molecule has 0 radical (unpaired) electrons. The zero-order chi connectivity index (χ0) is 20.9. The van der Waals surface area contributed by atoms with Crippen LogP contribution in [0, 0.1) is 5.92 Å². The first kappa shape index (κ1) is 27.7. The number of carbonyl (C=O) groups is 2. The summed E-state index contributed by atoms with van der Waals surface area (Å²) >= 11 is 1.60. The third-order valence-corrected chi connectivity index (χ3v) is 5.49. The second kappa shape index (κ2) is 15.5. The summed E-state index contributed by atoms with van der Waals surface area (Å²) in [6.07, 6.45) is 4.15. The Kier molecular flexibility index (Phi) is 14.9. The maximum absolute atomic E-state index is 12.9. The number of hydroxylamine groups is 2. The van der Waals surface area contributed by atoms with Crippen LogP contribution in [0.3, 0.4) is 0 Å². The molecule has 6 nitrogen and oxygen atoms in total. The van der Waals surface area contributed by atoms with Crippen molar-refractivity contribution in [1.29, 1.82) is 0 Å². The Hall–Kier alpha value is -1.28. The molecule has 0 fully saturated rings. The zero-order valence-electron chi connectivity index (χ0n) is 17.8. The quantitative estimate of drug-likeness (QED) is 0.369. The van der Waals surface area contributed by atoms with Crippen molar-refractivity contribution in [2.24, 2.45) is 11.7 Å². The molecule has 0 spiro atoms. The normalized spacial score (nSPS) is 13.7. The van der Waals surface area contributed by atoms with Gasteiger partial charge in [-0.25, -0.2) is 9.86 Å². The van der Waals surface area contributed by atoms with Gasteiger partial charge in [0, 0.05) is 12.5 Å². The van der Waals surface area contributed by atoms with Crippen molar-refractivity contribution in [3.63, 3.8) is 0 Å². The van der Waals surface area contributed by atoms with Gasteiger partial charge in [0.25, 0.3) is 0 Å². The van der Waals surface area contributed by atoms with Crippen LogP contribution in [0.5, 0.6) is 0 Å². The molecule has 0 aliphatic heterocycles. The number of benzene rings is 1. The van der Waals surface area contributed by atoms with Crippen LogP contribution in [-0.2, 0) is 25.6 Å². The van der Waals surface area contributed by atoms with E-state index in [0.717, 1.165) is 12.0 Å². The molecule has 0 bridgehead atoms. The van der Waals surface area contributed by atoms with E-state index in [4.69, 9.17) is 15.3 Å². The number of thioether (sulfide) groups is 1. The summed E-state index contributed by atoms with van der Waals surface area (Å²) in [6.45, 7) is 4.28. The van der Waals surface area contributed by atoms with Crippen molar-refractivity contribution in [2.45, 2.75) is 51.6 Å². The second-order valence-electron chi connectivity index (χ2n) is 6.87. The van der Waals surface area contributed by atoms with Crippen LogP contribution >= 0.6 is 24.2 Å². The Labute approximate surface area is 185 Å². The minimum atomic E-state index is -0.773. The Morgan fingerprint density at radius 3 is 2.45 bits per heavy atom. The fourth-order valence-electron chi connectivity index (χ4n) is 2.67. The number of carbonyl (C=O) groups excluding carboxylic acids is 2. The molecule has 0 saturated heterocycles. The molecule has 0 aromatic heterocycles. The van der Waals surface area contributed by atoms with Crippen molar-refractivity contribution < 1.29 is 19.2 Å². The molecule has 1 aromatic rings. The molecule has 166 valence electrons. The summed E-state index contributed by atoms with van der Waals surface area (Å²) in [5.74, 6) is 0.253. The molecule has 0 aliphatic rings. The van der Waals surface area contributed by atoms with Gasteiger partial charge in [-0.3, -0.25) is 9.63 Å². The number of rotatable bonds is 13. The minimum Gasteiger partial charge on any atom is -0.467 e. The van der Waals surface area contributed by atoms with E-state index in [2.05, 4.69) is 6.92 Å². The SMILES string of the molecule is CC[C@H](C)C(N)CON(C(=O)CCc1ccccc1)[C@@H](CCSC)C(=O)OC.Cl. The highest BCUT2D eigenvalue weighted by Crippen LogP contribution is 2.16. The number of hydrogen-bond acceptors (Lipinski definition) is 6. The van der Waals surface area contributed by atoms with Gasteiger partial charge in [-0.1, -0.05) is 50.6 Å². The Morgan fingerprint density at radius 2 is 1.90 bits per heavy atom. The molecule has 0 aliphatic carbocycles. The monoisotopic (exact) mass is 446 g/mol. The van der Waals surface area contributed by atoms with E-state index in [1.54, 1.807) is 11.8 Å². The van der Waals surface area contributed by atoms with Crippen molar-refractivity contribution >= 4 is 36.0 Å². The van der Waals surface area contributed by atoms with Crippen LogP contribution in [-0.4, -0.2) is 54.7 Å². The van der Waals surface area contributed by atoms with Gasteiger partial charge in [0.2, 0.25) is 5.91 Å². The molecule has 0 saturated carbocycles. The number of halogens is 1. The number of ether oxygens (including phenoxy) is 1. The predicted molar refractivity (Wildman–Crippen MR) is 121 cm³/mol. The average Bonchev–Trinajstić information content (AvgIpc) is 2.73. The number of methoxy groups -OCH3 is 1. The number of amides is 1. The van der Waals surface area contributed by atoms with Crippen LogP contribution in [0.1, 0.15) is 38.7 Å². The van der Waals surface area contributed by atoms with E-state index in [9.17, 15) is 9.59 Å². The van der Waals surface area contributed by atoms with E-state index in [1.165, 1.54) is 12.2 Å². The smallest absolute Gasteiger partial charge is 0.331 e. The van der Waals surface area contributed by atoms with E-state index < -0.39 is 12.0 Å². The van der Waals surface area contributed by atoms with Gasteiger partial charge in [-0.2, -0.15) is 11.8 Å². The van der Waals surface area contributed by atoms with Gasteiger partial charge in [-0.15, -0.1) is 12.4 Å². The maximum atomic E-state index is 12.9. The lowest BCUT2D eigenvalue weighted by atomic mass is 10.0. The number of aryl methyl sites for hydroxylation is 1. The Balaban J connectivity index is 0.00000784. The fraction of sp³-hybridized carbons (Fsp3) is 0.619. The first-order valence-corrected chi connectivity index (χ1v) is 11.1. The molecule has 1 aromatic carbocycles. The summed E-state index contributed by atoms with van der Waals surface area (Å²) in [4.78, 5) is 31.1. The Bertz CT molecular complexity index is 591. The van der Waals surface area contributed by atoms with Crippen LogP contribution < -0.4 is 5.73 Å². The third kappa shape index (κ3) is 9.85. The summed E-state index contributed by atoms with van der Waals surface area (Å²) in [5.41, 5.74) is 7.23. The lowest BCUT2D eigenvalue weighted by Crippen LogP contribution is -2.48. The van der Waals surface area contributed by atoms with Gasteiger partial charge in [0.05, 0.1) is 13.7 Å². The molecule has 8 heteroatoms. The van der Waals surface area contributed by atoms with Crippen LogP contribution in [0.2, 0.25) is 0 Å². The van der Waals surface area contributed by atoms with Crippen molar-refractivity contribution in [3.05, 3.63) is 35.9 Å². The molecule has 1 rings (SSSR count). The molecular formula is C21H35ClN2O4S. The largest absolute Gasteiger partial charge is 0.467 e. The first-order valence-electron chi connectivity index (χ1n) is 9.75. The standard InChI is InChI=1S/C21H34N2O4S.ClH/c1-5-16(2)18(22)15-27-23(19(13-14-28-4)21(25)26-3)20(24)12-11-17-9-7-6-8-10-17;/h6-10,16,18-19H,5,11-15,22H2,1-4H3;1H/t16-,18?,19-;/m0./s1. The molecule has 1 unspecified atom stereocenters. The summed E-state index contributed by atoms with van der Waals surface area (Å²) in [7, 11) is 1.33. The number of nitrogens with two attached hydrogens (primary N) is 1. The summed E-state index contributed by atoms with van der Waals surface area (Å²) in [6, 6.07) is 8.78. The summed E-state index contributed by atoms with van der Waals surface area (Å²) in [5, 5.41) is 1.20. The first-order chi connectivity index (χ1) is 13.4. The van der Waals surface area contributed by atoms with E-state index in [-0.39, 0.29) is 43.3 Å². The molecule has 29 heavy (non-hydrogen) atoms. The van der Waals surface area contributed by atoms with Gasteiger partial charge in [0.15, 0.2) is 6.04 Å². The van der Waals surface area contributed by atoms with Gasteiger partial charge < -0.3 is 10.5 Å². The van der Waals surface area contributed by atoms with Gasteiger partial charge in [0.1, 0.15) is 0 Å². The predicted octanol–water partition coefficient (Wildman–Crippen LogP) is 3.47.